The zero-order valence-corrected chi connectivity index (χ0v) is 16.1. The van der Waals surface area contributed by atoms with Crippen molar-refractivity contribution in [3.05, 3.63) is 59.7 Å². The molecule has 0 aliphatic heterocycles. The number of benzene rings is 2. The standard InChI is InChI=1S/C17H19NO.2ClH.Ti/c1-17(2,3)15-11-7-8-13(16(15)19)12-18-14-9-5-4-6-10-14;;;/h4-12,19H,1-3H3;2*1H;/q;;;+1/p-1. The van der Waals surface area contributed by atoms with E-state index in [1.54, 1.807) is 20.8 Å². The molecular formula is C17H20Cl2NOTi. The number of rotatable bonds is 3. The predicted molar refractivity (Wildman–Crippen MR) is 94.0 cm³/mol. The first-order valence-electron chi connectivity index (χ1n) is 6.58. The Hall–Kier alpha value is -0.796. The van der Waals surface area contributed by atoms with Gasteiger partial charge in [-0.25, -0.2) is 0 Å². The van der Waals surface area contributed by atoms with Crippen molar-refractivity contribution in [2.24, 2.45) is 4.99 Å². The van der Waals surface area contributed by atoms with Gasteiger partial charge in [0.05, 0.1) is 0 Å². The van der Waals surface area contributed by atoms with Gasteiger partial charge in [-0.05, 0) is 0 Å². The van der Waals surface area contributed by atoms with Crippen LogP contribution in [0.1, 0.15) is 31.9 Å². The summed E-state index contributed by atoms with van der Waals surface area (Å²) in [4.78, 5) is 4.50. The van der Waals surface area contributed by atoms with Crippen LogP contribution in [0.5, 0.6) is 5.75 Å². The first-order valence-corrected chi connectivity index (χ1v) is 7.22. The molecular weight excluding hydrogens is 353 g/mol. The van der Waals surface area contributed by atoms with E-state index in [4.69, 9.17) is 3.32 Å². The summed E-state index contributed by atoms with van der Waals surface area (Å²) in [5, 5.41) is 0. The van der Waals surface area contributed by atoms with Gasteiger partial charge in [0.15, 0.2) is 0 Å². The summed E-state index contributed by atoms with van der Waals surface area (Å²) in [6.07, 6.45) is 1.86. The molecule has 117 valence electrons. The number of aliphatic imine (C=N–C) groups is 1. The van der Waals surface area contributed by atoms with E-state index >= 15 is 0 Å². The zero-order chi connectivity index (χ0) is 14.6. The third kappa shape index (κ3) is 5.44. The molecule has 0 saturated heterocycles. The molecule has 0 spiro atoms. The smallest absolute Gasteiger partial charge is 0.147 e. The molecule has 2 nitrogen and oxygen atoms in total. The third-order valence-corrected chi connectivity index (χ3v) is 3.38. The van der Waals surface area contributed by atoms with Crippen molar-refractivity contribution in [1.82, 2.24) is 0 Å². The molecule has 0 bridgehead atoms. The molecule has 0 aromatic heterocycles. The molecule has 22 heavy (non-hydrogen) atoms. The molecule has 0 saturated carbocycles. The number of hydrogen-bond donors (Lipinski definition) is 0. The van der Waals surface area contributed by atoms with Crippen molar-refractivity contribution in [2.45, 2.75) is 26.2 Å². The average Bonchev–Trinajstić information content (AvgIpc) is 2.44. The Labute approximate surface area is 157 Å². The minimum absolute atomic E-state index is 0. The summed E-state index contributed by atoms with van der Waals surface area (Å²) in [5.74, 6) is 0.902. The Bertz CT molecular complexity index is 610. The third-order valence-electron chi connectivity index (χ3n) is 3.06. The summed E-state index contributed by atoms with van der Waals surface area (Å²) in [5.41, 5.74) is 3.18. The molecule has 0 radical (unpaired) electrons. The molecule has 0 aliphatic carbocycles. The van der Waals surface area contributed by atoms with Gasteiger partial charge in [0, 0.05) is 0 Å². The quantitative estimate of drug-likeness (QED) is 0.520. The van der Waals surface area contributed by atoms with Crippen molar-refractivity contribution in [3.8, 4) is 5.75 Å². The van der Waals surface area contributed by atoms with Crippen molar-refractivity contribution in [2.75, 3.05) is 0 Å². The maximum Gasteiger partial charge on any atom is -0.147 e. The summed E-state index contributed by atoms with van der Waals surface area (Å²) >= 11 is 1.71. The van der Waals surface area contributed by atoms with Gasteiger partial charge in [-0.2, -0.15) is 0 Å². The zero-order valence-electron chi connectivity index (χ0n) is 12.9. The summed E-state index contributed by atoms with van der Waals surface area (Å²) in [7, 11) is 0. The Morgan fingerprint density at radius 2 is 1.59 bits per heavy atom. The van der Waals surface area contributed by atoms with Crippen LogP contribution < -0.4 is 3.32 Å². The van der Waals surface area contributed by atoms with Crippen LogP contribution in [0.15, 0.2) is 53.5 Å². The van der Waals surface area contributed by atoms with Crippen LogP contribution in [-0.4, -0.2) is 6.21 Å². The Morgan fingerprint density at radius 3 is 2.14 bits per heavy atom. The molecule has 2 aromatic carbocycles. The number of hydrogen-bond acceptors (Lipinski definition) is 2. The minimum atomic E-state index is 0. The molecule has 0 unspecified atom stereocenters. The maximum atomic E-state index is 5.60. The van der Waals surface area contributed by atoms with E-state index in [9.17, 15) is 0 Å². The van der Waals surface area contributed by atoms with Gasteiger partial charge in [-0.3, -0.25) is 0 Å². The largest absolute Gasteiger partial charge is 0.147 e. The van der Waals surface area contributed by atoms with Crippen LogP contribution >= 0.6 is 24.8 Å². The monoisotopic (exact) mass is 372 g/mol. The van der Waals surface area contributed by atoms with Gasteiger partial charge in [-0.15, -0.1) is 24.8 Å². The fraction of sp³-hybridized carbons (Fsp3) is 0.235. The first-order chi connectivity index (χ1) is 9.52. The summed E-state index contributed by atoms with van der Waals surface area (Å²) < 4.78 is 5.60. The first kappa shape index (κ1) is 21.2. The fourth-order valence-corrected chi connectivity index (χ4v) is 2.37. The van der Waals surface area contributed by atoms with Crippen LogP contribution in [0.3, 0.4) is 0 Å². The number of halogens is 2. The Kier molecular flexibility index (Phi) is 9.03. The Morgan fingerprint density at radius 1 is 0.955 bits per heavy atom. The minimum Gasteiger partial charge on any atom is -0.147 e. The topological polar surface area (TPSA) is 21.6 Å². The van der Waals surface area contributed by atoms with E-state index in [1.165, 1.54) is 5.56 Å². The van der Waals surface area contributed by atoms with Crippen LogP contribution in [0.4, 0.5) is 5.69 Å². The van der Waals surface area contributed by atoms with Gasteiger partial charge >= 0.3 is 133 Å². The molecule has 0 heterocycles. The van der Waals surface area contributed by atoms with Gasteiger partial charge in [0.1, 0.15) is 0 Å². The average molecular weight is 373 g/mol. The summed E-state index contributed by atoms with van der Waals surface area (Å²) in [6, 6.07) is 16.1. The van der Waals surface area contributed by atoms with Crippen LogP contribution in [0.25, 0.3) is 0 Å². The second-order valence-corrected chi connectivity index (χ2v) is 5.99. The van der Waals surface area contributed by atoms with E-state index in [1.807, 2.05) is 42.6 Å². The van der Waals surface area contributed by atoms with Crippen molar-refractivity contribution in [3.63, 3.8) is 0 Å². The fourth-order valence-electron chi connectivity index (χ4n) is 2.02. The molecule has 0 atom stereocenters. The van der Waals surface area contributed by atoms with E-state index in [0.29, 0.717) is 0 Å². The molecule has 0 amide bonds. The number of nitrogens with zero attached hydrogens (tertiary/aromatic N) is 1. The van der Waals surface area contributed by atoms with E-state index in [0.717, 1.165) is 17.0 Å². The van der Waals surface area contributed by atoms with Crippen molar-refractivity contribution >= 4 is 36.7 Å². The molecule has 2 aromatic rings. The van der Waals surface area contributed by atoms with Crippen LogP contribution in [-0.2, 0) is 26.2 Å². The van der Waals surface area contributed by atoms with Gasteiger partial charge in [-0.1, -0.05) is 0 Å². The van der Waals surface area contributed by atoms with Gasteiger partial charge in [0.2, 0.25) is 0 Å². The van der Waals surface area contributed by atoms with E-state index in [-0.39, 0.29) is 30.2 Å². The predicted octanol–water partition coefficient (Wildman–Crippen LogP) is 5.42. The molecule has 0 aliphatic rings. The SMILES string of the molecule is CC(C)(C)c1cccc(C=Nc2ccccc2)c1[O][Ti].Cl.Cl. The van der Waals surface area contributed by atoms with Crippen LogP contribution in [0, 0.1) is 0 Å². The van der Waals surface area contributed by atoms with Crippen molar-refractivity contribution in [1.29, 1.82) is 0 Å². The number of para-hydroxylation sites is 2. The van der Waals surface area contributed by atoms with Crippen molar-refractivity contribution < 1.29 is 24.1 Å². The summed E-state index contributed by atoms with van der Waals surface area (Å²) in [6.45, 7) is 6.55. The normalized spacial score (nSPS) is 10.6. The van der Waals surface area contributed by atoms with E-state index in [2.05, 4.69) is 37.9 Å². The van der Waals surface area contributed by atoms with E-state index < -0.39 is 0 Å². The second-order valence-electron chi connectivity index (χ2n) is 5.67. The molecule has 2 rings (SSSR count). The van der Waals surface area contributed by atoms with Gasteiger partial charge in [0.25, 0.3) is 0 Å². The maximum absolute atomic E-state index is 5.60. The van der Waals surface area contributed by atoms with Crippen LogP contribution in [0.2, 0.25) is 0 Å². The molecule has 0 fully saturated rings. The Balaban J connectivity index is 0.00000220. The van der Waals surface area contributed by atoms with Gasteiger partial charge < -0.3 is 0 Å². The second kappa shape index (κ2) is 9.37. The molecule has 0 N–H and O–H groups in total. The molecule has 5 heteroatoms.